The van der Waals surface area contributed by atoms with Crippen molar-refractivity contribution in [2.24, 2.45) is 11.7 Å². The van der Waals surface area contributed by atoms with Crippen molar-refractivity contribution >= 4 is 12.2 Å². The molecule has 0 fully saturated rings. The van der Waals surface area contributed by atoms with Crippen molar-refractivity contribution in [3.8, 4) is 0 Å². The topological polar surface area (TPSA) is 60.2 Å². The van der Waals surface area contributed by atoms with Crippen molar-refractivity contribution in [3.05, 3.63) is 7.43 Å². The Hall–Kier alpha value is 0.335. The number of primary amides is 1. The number of nitrogens with two attached hydrogens (primary N) is 1. The minimum absolute atomic E-state index is 0. The van der Waals surface area contributed by atoms with E-state index < -0.39 is 5.91 Å². The molecule has 0 aliphatic rings. The van der Waals surface area contributed by atoms with Crippen LogP contribution in [0, 0.1) is 48.9 Å². The van der Waals surface area contributed by atoms with Crippen molar-refractivity contribution in [3.63, 3.8) is 0 Å². The van der Waals surface area contributed by atoms with E-state index in [1.807, 2.05) is 6.92 Å². The van der Waals surface area contributed by atoms with Crippen LogP contribution in [0.3, 0.4) is 0 Å². The molecular weight excluding hydrogens is 305 g/mol. The number of rotatable bonds is 5. The van der Waals surface area contributed by atoms with Crippen LogP contribution in [0.5, 0.6) is 0 Å². The van der Waals surface area contributed by atoms with Gasteiger partial charge in [-0.25, -0.2) is 0 Å². The van der Waals surface area contributed by atoms with Crippen LogP contribution in [-0.2, 0) is 9.59 Å². The Bertz CT molecular complexity index is 129. The normalized spacial score (nSPS) is 8.93. The molecular formula is C10H23LaNO2-2. The minimum Gasteiger partial charge on any atom is -0.541 e. The molecule has 4 heteroatoms. The maximum Gasteiger partial charge on any atom is 0.215 e. The largest absolute Gasteiger partial charge is 0.541 e. The fourth-order valence-electron chi connectivity index (χ4n) is 0.794. The van der Waals surface area contributed by atoms with E-state index in [0.717, 1.165) is 6.42 Å². The standard InChI is InChI=1S/C7H12NO2.2CH4.CH3.La/c1-2-3-6(5-9)4-7(8)10;;;;/h6H,2-4H2,1H3,(H2,8,10);2*1H4;1H3;/q-1;;;-1;/t6-;;;;/m0..../s1. The Balaban J connectivity index is -0.0000000675. The Labute approximate surface area is 117 Å². The average molecular weight is 328 g/mol. The molecule has 3 nitrogen and oxygen atoms in total. The molecule has 0 saturated heterocycles. The first kappa shape index (κ1) is 29.3. The van der Waals surface area contributed by atoms with Gasteiger partial charge in [-0.2, -0.15) is 0 Å². The zero-order chi connectivity index (χ0) is 7.98. The molecule has 0 bridgehead atoms. The Kier molecular flexibility index (Phi) is 39.7. The van der Waals surface area contributed by atoms with E-state index in [9.17, 15) is 9.59 Å². The fraction of sp³-hybridized carbons (Fsp3) is 0.700. The number of carbonyl (C=O) groups excluding carboxylic acids is 2. The van der Waals surface area contributed by atoms with Crippen molar-refractivity contribution in [1.82, 2.24) is 0 Å². The number of amides is 1. The molecule has 0 unspecified atom stereocenters. The maximum atomic E-state index is 10.3. The van der Waals surface area contributed by atoms with Crippen molar-refractivity contribution < 1.29 is 45.2 Å². The van der Waals surface area contributed by atoms with Gasteiger partial charge in [0.1, 0.15) is 0 Å². The van der Waals surface area contributed by atoms with Crippen molar-refractivity contribution in [2.45, 2.75) is 41.0 Å². The second-order valence-corrected chi connectivity index (χ2v) is 2.27. The fourth-order valence-corrected chi connectivity index (χ4v) is 0.794. The summed E-state index contributed by atoms with van der Waals surface area (Å²) in [7, 11) is 0. The molecule has 0 heterocycles. The van der Waals surface area contributed by atoms with Gasteiger partial charge in [0.2, 0.25) is 5.91 Å². The summed E-state index contributed by atoms with van der Waals surface area (Å²) in [4.78, 5) is 20.4. The van der Waals surface area contributed by atoms with Crippen LogP contribution < -0.4 is 5.73 Å². The molecule has 0 spiro atoms. The van der Waals surface area contributed by atoms with Gasteiger partial charge in [0.25, 0.3) is 0 Å². The number of hydrogen-bond donors (Lipinski definition) is 1. The zero-order valence-corrected chi connectivity index (χ0v) is 11.3. The summed E-state index contributed by atoms with van der Waals surface area (Å²) in [6.07, 6.45) is 3.50. The van der Waals surface area contributed by atoms with Crippen LogP contribution in [0.25, 0.3) is 0 Å². The van der Waals surface area contributed by atoms with Crippen LogP contribution in [0.4, 0.5) is 0 Å². The first-order valence-corrected chi connectivity index (χ1v) is 3.36. The Morgan fingerprint density at radius 1 is 1.43 bits per heavy atom. The molecule has 0 aromatic carbocycles. The summed E-state index contributed by atoms with van der Waals surface area (Å²) in [5.74, 6) is -0.718. The van der Waals surface area contributed by atoms with Gasteiger partial charge in [-0.15, -0.1) is 5.92 Å². The molecule has 0 rings (SSSR count). The predicted octanol–water partition coefficient (Wildman–Crippen LogP) is 2.11. The summed E-state index contributed by atoms with van der Waals surface area (Å²) in [5, 5.41) is 0. The van der Waals surface area contributed by atoms with Crippen LogP contribution >= 0.6 is 0 Å². The quantitative estimate of drug-likeness (QED) is 0.786. The minimum atomic E-state index is -0.429. The number of carbonyl (C=O) groups is 1. The van der Waals surface area contributed by atoms with Crippen molar-refractivity contribution in [1.29, 1.82) is 0 Å². The summed E-state index contributed by atoms with van der Waals surface area (Å²) < 4.78 is 0. The van der Waals surface area contributed by atoms with Gasteiger partial charge in [0, 0.05) is 42.0 Å². The second kappa shape index (κ2) is 19.0. The molecule has 0 aromatic heterocycles. The van der Waals surface area contributed by atoms with Crippen LogP contribution in [0.1, 0.15) is 41.0 Å². The first-order chi connectivity index (χ1) is 4.70. The third-order valence-electron chi connectivity index (χ3n) is 1.25. The van der Waals surface area contributed by atoms with Crippen LogP contribution in [0.15, 0.2) is 0 Å². The Morgan fingerprint density at radius 2 is 1.86 bits per heavy atom. The summed E-state index contributed by atoms with van der Waals surface area (Å²) in [6.45, 7) is 1.95. The predicted molar refractivity (Wildman–Crippen MR) is 57.8 cm³/mol. The van der Waals surface area contributed by atoms with E-state index >= 15 is 0 Å². The summed E-state index contributed by atoms with van der Waals surface area (Å²) in [6, 6.07) is 0. The van der Waals surface area contributed by atoms with E-state index in [-0.39, 0.29) is 70.2 Å². The Morgan fingerprint density at radius 3 is 2.07 bits per heavy atom. The molecule has 1 radical (unpaired) electrons. The van der Waals surface area contributed by atoms with E-state index in [0.29, 0.717) is 6.42 Å². The van der Waals surface area contributed by atoms with E-state index in [1.165, 1.54) is 0 Å². The molecule has 0 aromatic rings. The third kappa shape index (κ3) is 18.2. The van der Waals surface area contributed by atoms with E-state index in [1.54, 1.807) is 6.29 Å². The van der Waals surface area contributed by atoms with Crippen molar-refractivity contribution in [2.75, 3.05) is 0 Å². The molecule has 2 N–H and O–H groups in total. The van der Waals surface area contributed by atoms with Crippen LogP contribution in [-0.4, -0.2) is 12.2 Å². The molecule has 0 saturated carbocycles. The molecule has 14 heavy (non-hydrogen) atoms. The molecule has 0 aliphatic carbocycles. The third-order valence-corrected chi connectivity index (χ3v) is 1.25. The average Bonchev–Trinajstić information content (AvgIpc) is 1.86. The SMILES string of the molecule is C.C.CCC[C@H]([C-]=O)CC(N)=O.[CH3-].[La]. The summed E-state index contributed by atoms with van der Waals surface area (Å²) >= 11 is 0. The van der Waals surface area contributed by atoms with E-state index in [4.69, 9.17) is 5.73 Å². The second-order valence-electron chi connectivity index (χ2n) is 2.27. The van der Waals surface area contributed by atoms with E-state index in [2.05, 4.69) is 0 Å². The first-order valence-electron chi connectivity index (χ1n) is 3.36. The van der Waals surface area contributed by atoms with Crippen LogP contribution in [0.2, 0.25) is 0 Å². The summed E-state index contributed by atoms with van der Waals surface area (Å²) in [5.41, 5.74) is 4.88. The van der Waals surface area contributed by atoms with Gasteiger partial charge < -0.3 is 18.0 Å². The van der Waals surface area contributed by atoms with Gasteiger partial charge >= 0.3 is 0 Å². The molecule has 0 aliphatic heterocycles. The smallest absolute Gasteiger partial charge is 0.215 e. The van der Waals surface area contributed by atoms with Gasteiger partial charge in [0.05, 0.1) is 0 Å². The zero-order valence-electron chi connectivity index (χ0n) is 7.67. The van der Waals surface area contributed by atoms with Gasteiger partial charge in [-0.1, -0.05) is 34.6 Å². The molecule has 1 amide bonds. The van der Waals surface area contributed by atoms with Gasteiger partial charge in [-0.05, 0) is 0 Å². The van der Waals surface area contributed by atoms with Gasteiger partial charge in [-0.3, -0.25) is 11.1 Å². The number of hydrogen-bond acceptors (Lipinski definition) is 2. The maximum absolute atomic E-state index is 10.3. The van der Waals surface area contributed by atoms with Gasteiger partial charge in [0.15, 0.2) is 0 Å². The molecule has 85 valence electrons. The monoisotopic (exact) mass is 328 g/mol. The molecule has 1 atom stereocenters.